The van der Waals surface area contributed by atoms with Crippen LogP contribution in [-0.2, 0) is 16.1 Å². The highest BCUT2D eigenvalue weighted by molar-refractivity contribution is 9.10. The minimum Gasteiger partial charge on any atom is -0.348 e. The molecule has 0 saturated carbocycles. The number of nitrogens with zero attached hydrogens (tertiary/aromatic N) is 5. The van der Waals surface area contributed by atoms with E-state index in [1.807, 2.05) is 45.9 Å². The summed E-state index contributed by atoms with van der Waals surface area (Å²) in [7, 11) is 0. The Labute approximate surface area is 222 Å². The third kappa shape index (κ3) is 4.09. The molecular formula is C27H27BrN6O3. The van der Waals surface area contributed by atoms with Gasteiger partial charge in [-0.15, -0.1) is 0 Å². The Hall–Kier alpha value is -3.66. The van der Waals surface area contributed by atoms with Gasteiger partial charge in [-0.05, 0) is 42.8 Å². The summed E-state index contributed by atoms with van der Waals surface area (Å²) in [6, 6.07) is 11.6. The average Bonchev–Trinajstić information content (AvgIpc) is 3.17. The van der Waals surface area contributed by atoms with Crippen LogP contribution in [0.1, 0.15) is 16.8 Å². The second-order valence-corrected chi connectivity index (χ2v) is 10.9. The van der Waals surface area contributed by atoms with Crippen molar-refractivity contribution in [3.63, 3.8) is 0 Å². The van der Waals surface area contributed by atoms with E-state index in [2.05, 4.69) is 37.7 Å². The summed E-state index contributed by atoms with van der Waals surface area (Å²) < 4.78 is 2.70. The third-order valence-corrected chi connectivity index (χ3v) is 8.17. The standard InChI is InChI=1S/C27H27BrN6O3/c1-2-25(36)32-12-19(13-32)30-24(35)15-31-14-21(20-11-18(28)6-7-22(20)31)26(37)33-16-27(17-33)8-10-34(27)23-5-3-4-9-29-23/h2-7,9,11,14,19H,1,8,10,12-13,15-17H2,(H,30,35). The highest BCUT2D eigenvalue weighted by Crippen LogP contribution is 2.42. The van der Waals surface area contributed by atoms with Crippen molar-refractivity contribution in [2.75, 3.05) is 37.6 Å². The van der Waals surface area contributed by atoms with Gasteiger partial charge in [-0.25, -0.2) is 4.98 Å². The number of fused-ring (bicyclic) bond motifs is 1. The summed E-state index contributed by atoms with van der Waals surface area (Å²) in [5.74, 6) is 0.639. The maximum Gasteiger partial charge on any atom is 0.256 e. The molecule has 2 aromatic heterocycles. The van der Waals surface area contributed by atoms with E-state index < -0.39 is 0 Å². The Balaban J connectivity index is 1.16. The minimum absolute atomic E-state index is 0.0293. The third-order valence-electron chi connectivity index (χ3n) is 7.68. The molecule has 0 aliphatic carbocycles. The molecule has 1 spiro atoms. The van der Waals surface area contributed by atoms with Crippen LogP contribution in [0.4, 0.5) is 5.82 Å². The van der Waals surface area contributed by atoms with Crippen LogP contribution in [0.3, 0.4) is 0 Å². The molecule has 3 fully saturated rings. The summed E-state index contributed by atoms with van der Waals surface area (Å²) in [5.41, 5.74) is 1.38. The molecule has 10 heteroatoms. The van der Waals surface area contributed by atoms with Crippen molar-refractivity contribution < 1.29 is 14.4 Å². The van der Waals surface area contributed by atoms with Crippen LogP contribution in [0.25, 0.3) is 10.9 Å². The zero-order valence-corrected chi connectivity index (χ0v) is 21.9. The Morgan fingerprint density at radius 3 is 2.65 bits per heavy atom. The van der Waals surface area contributed by atoms with Gasteiger partial charge in [0.15, 0.2) is 0 Å². The number of benzene rings is 1. The Morgan fingerprint density at radius 1 is 1.16 bits per heavy atom. The molecule has 1 aromatic carbocycles. The largest absolute Gasteiger partial charge is 0.348 e. The Kier molecular flexibility index (Phi) is 5.78. The zero-order chi connectivity index (χ0) is 25.7. The summed E-state index contributed by atoms with van der Waals surface area (Å²) in [4.78, 5) is 48.3. The van der Waals surface area contributed by atoms with Crippen LogP contribution in [0.2, 0.25) is 0 Å². The van der Waals surface area contributed by atoms with E-state index in [1.54, 1.807) is 17.3 Å². The molecular weight excluding hydrogens is 536 g/mol. The zero-order valence-electron chi connectivity index (χ0n) is 20.3. The van der Waals surface area contributed by atoms with Gasteiger partial charge in [0.25, 0.3) is 5.91 Å². The normalized spacial score (nSPS) is 18.2. The molecule has 6 rings (SSSR count). The van der Waals surface area contributed by atoms with Crippen LogP contribution in [0.15, 0.2) is 65.9 Å². The lowest BCUT2D eigenvalue weighted by atomic mass is 9.77. The lowest BCUT2D eigenvalue weighted by molar-refractivity contribution is -0.133. The van der Waals surface area contributed by atoms with Crippen LogP contribution >= 0.6 is 15.9 Å². The van der Waals surface area contributed by atoms with Gasteiger partial charge in [-0.2, -0.15) is 0 Å². The fraction of sp³-hybridized carbons (Fsp3) is 0.333. The van der Waals surface area contributed by atoms with Gasteiger partial charge in [-0.3, -0.25) is 14.4 Å². The van der Waals surface area contributed by atoms with Crippen molar-refractivity contribution in [3.8, 4) is 0 Å². The van der Waals surface area contributed by atoms with E-state index in [9.17, 15) is 14.4 Å². The quantitative estimate of drug-likeness (QED) is 0.466. The fourth-order valence-electron chi connectivity index (χ4n) is 5.60. The van der Waals surface area contributed by atoms with Crippen molar-refractivity contribution in [1.29, 1.82) is 0 Å². The van der Waals surface area contributed by atoms with Gasteiger partial charge in [0, 0.05) is 60.5 Å². The van der Waals surface area contributed by atoms with Crippen LogP contribution in [0, 0.1) is 0 Å². The number of carbonyl (C=O) groups excluding carboxylic acids is 3. The van der Waals surface area contributed by atoms with Gasteiger partial charge in [0.2, 0.25) is 11.8 Å². The number of hydrogen-bond donors (Lipinski definition) is 1. The monoisotopic (exact) mass is 562 g/mol. The van der Waals surface area contributed by atoms with Crippen LogP contribution in [-0.4, -0.2) is 81.4 Å². The second-order valence-electron chi connectivity index (χ2n) is 10.0. The number of carbonyl (C=O) groups is 3. The predicted octanol–water partition coefficient (Wildman–Crippen LogP) is 2.42. The summed E-state index contributed by atoms with van der Waals surface area (Å²) in [5, 5.41) is 3.79. The maximum atomic E-state index is 13.6. The van der Waals surface area contributed by atoms with E-state index in [0.29, 0.717) is 31.7 Å². The van der Waals surface area contributed by atoms with E-state index in [0.717, 1.165) is 34.2 Å². The lowest BCUT2D eigenvalue weighted by Crippen LogP contribution is -2.78. The highest BCUT2D eigenvalue weighted by atomic mass is 79.9. The van der Waals surface area contributed by atoms with Crippen LogP contribution in [0.5, 0.6) is 0 Å². The van der Waals surface area contributed by atoms with Gasteiger partial charge >= 0.3 is 0 Å². The highest BCUT2D eigenvalue weighted by Gasteiger charge is 2.55. The number of likely N-dealkylation sites (tertiary alicyclic amines) is 2. The topological polar surface area (TPSA) is 90.8 Å². The van der Waals surface area contributed by atoms with Gasteiger partial charge in [-0.1, -0.05) is 28.6 Å². The predicted molar refractivity (Wildman–Crippen MR) is 143 cm³/mol. The number of rotatable bonds is 6. The molecule has 3 amide bonds. The Morgan fingerprint density at radius 2 is 1.97 bits per heavy atom. The van der Waals surface area contributed by atoms with Crippen molar-refractivity contribution in [2.45, 2.75) is 24.5 Å². The van der Waals surface area contributed by atoms with Gasteiger partial charge in [0.1, 0.15) is 12.4 Å². The molecule has 190 valence electrons. The molecule has 1 N–H and O–H groups in total. The molecule has 3 aliphatic heterocycles. The first-order valence-electron chi connectivity index (χ1n) is 12.3. The van der Waals surface area contributed by atoms with Gasteiger partial charge in [0.05, 0.1) is 17.1 Å². The molecule has 3 aromatic rings. The van der Waals surface area contributed by atoms with E-state index in [1.165, 1.54) is 6.08 Å². The van der Waals surface area contributed by atoms with Crippen molar-refractivity contribution >= 4 is 50.4 Å². The smallest absolute Gasteiger partial charge is 0.256 e. The summed E-state index contributed by atoms with van der Waals surface area (Å²) in [6.45, 7) is 6.80. The molecule has 0 unspecified atom stereocenters. The van der Waals surface area contributed by atoms with Crippen LogP contribution < -0.4 is 10.2 Å². The van der Waals surface area contributed by atoms with E-state index >= 15 is 0 Å². The van der Waals surface area contributed by atoms with E-state index in [-0.39, 0.29) is 35.8 Å². The average molecular weight is 563 g/mol. The number of anilines is 1. The Bertz CT molecular complexity index is 1410. The molecule has 0 radical (unpaired) electrons. The maximum absolute atomic E-state index is 13.6. The molecule has 0 bridgehead atoms. The van der Waals surface area contributed by atoms with Crippen molar-refractivity contribution in [1.82, 2.24) is 24.7 Å². The van der Waals surface area contributed by atoms with E-state index in [4.69, 9.17) is 0 Å². The molecule has 9 nitrogen and oxygen atoms in total. The molecule has 5 heterocycles. The summed E-state index contributed by atoms with van der Waals surface area (Å²) >= 11 is 3.52. The fourth-order valence-corrected chi connectivity index (χ4v) is 5.96. The number of halogens is 1. The first-order valence-corrected chi connectivity index (χ1v) is 13.1. The number of hydrogen-bond acceptors (Lipinski definition) is 5. The first kappa shape index (κ1) is 23.7. The number of aromatic nitrogens is 2. The first-order chi connectivity index (χ1) is 17.9. The van der Waals surface area contributed by atoms with Gasteiger partial charge < -0.3 is 24.6 Å². The molecule has 0 atom stereocenters. The number of amides is 3. The molecule has 3 aliphatic rings. The van der Waals surface area contributed by atoms with Crippen molar-refractivity contribution in [3.05, 3.63) is 71.5 Å². The summed E-state index contributed by atoms with van der Waals surface area (Å²) in [6.07, 6.45) is 5.91. The second kappa shape index (κ2) is 9.02. The molecule has 3 saturated heterocycles. The lowest BCUT2D eigenvalue weighted by Gasteiger charge is -2.62. The molecule has 37 heavy (non-hydrogen) atoms. The number of pyridine rings is 1. The minimum atomic E-state index is -0.155. The number of nitrogens with one attached hydrogen (secondary N) is 1. The SMILES string of the molecule is C=CC(=O)N1CC(NC(=O)Cn2cc(C(=O)N3CC4(CCN4c4ccccn4)C3)c3cc(Br)ccc32)C1. The van der Waals surface area contributed by atoms with Crippen molar-refractivity contribution in [2.24, 2.45) is 0 Å².